The van der Waals surface area contributed by atoms with Gasteiger partial charge in [-0.05, 0) is 32.6 Å². The van der Waals surface area contributed by atoms with Crippen LogP contribution in [0.5, 0.6) is 0 Å². The minimum atomic E-state index is -0.290. The van der Waals surface area contributed by atoms with Gasteiger partial charge in [-0.15, -0.1) is 0 Å². The van der Waals surface area contributed by atoms with Gasteiger partial charge in [-0.3, -0.25) is 4.79 Å². The van der Waals surface area contributed by atoms with Crippen molar-refractivity contribution in [2.45, 2.75) is 45.1 Å². The Morgan fingerprint density at radius 2 is 2.07 bits per heavy atom. The number of aliphatic hydroxyl groups excluding tert-OH is 2. The Hall–Kier alpha value is -0.610. The summed E-state index contributed by atoms with van der Waals surface area (Å²) in [5.74, 6) is 0.0315. The molecule has 0 aromatic heterocycles. The molecule has 0 saturated carbocycles. The third-order valence-corrected chi connectivity index (χ3v) is 1.93. The van der Waals surface area contributed by atoms with E-state index in [1.54, 1.807) is 6.92 Å². The molecule has 1 atom stereocenters. The quantitative estimate of drug-likeness (QED) is 0.501. The van der Waals surface area contributed by atoms with Gasteiger partial charge >= 0.3 is 0 Å². The Kier molecular flexibility index (Phi) is 8.57. The van der Waals surface area contributed by atoms with E-state index in [2.05, 4.69) is 5.32 Å². The van der Waals surface area contributed by atoms with Gasteiger partial charge in [-0.1, -0.05) is 0 Å². The van der Waals surface area contributed by atoms with Gasteiger partial charge in [0, 0.05) is 19.6 Å². The topological polar surface area (TPSA) is 69.6 Å². The van der Waals surface area contributed by atoms with Crippen molar-refractivity contribution in [3.63, 3.8) is 0 Å². The fourth-order valence-electron chi connectivity index (χ4n) is 1.11. The second kappa shape index (κ2) is 8.97. The smallest absolute Gasteiger partial charge is 0.219 e. The molecule has 0 rings (SSSR count). The monoisotopic (exact) mass is 203 g/mol. The van der Waals surface area contributed by atoms with Crippen LogP contribution in [-0.4, -0.2) is 35.4 Å². The van der Waals surface area contributed by atoms with Gasteiger partial charge < -0.3 is 15.5 Å². The average Bonchev–Trinajstić information content (AvgIpc) is 2.13. The van der Waals surface area contributed by atoms with Crippen LogP contribution in [0.15, 0.2) is 0 Å². The maximum absolute atomic E-state index is 11.1. The summed E-state index contributed by atoms with van der Waals surface area (Å²) in [4.78, 5) is 11.1. The number of aliphatic hydroxyl groups is 2. The van der Waals surface area contributed by atoms with E-state index in [1.165, 1.54) is 0 Å². The minimum absolute atomic E-state index is 0.0315. The van der Waals surface area contributed by atoms with Crippen molar-refractivity contribution >= 4 is 5.91 Å². The lowest BCUT2D eigenvalue weighted by Crippen LogP contribution is -2.24. The molecule has 0 saturated heterocycles. The van der Waals surface area contributed by atoms with E-state index in [-0.39, 0.29) is 18.6 Å². The predicted molar refractivity (Wildman–Crippen MR) is 54.9 cm³/mol. The number of amides is 1. The number of carbonyl (C=O) groups is 1. The average molecular weight is 203 g/mol. The number of hydrogen-bond acceptors (Lipinski definition) is 3. The summed E-state index contributed by atoms with van der Waals surface area (Å²) in [5.41, 5.74) is 0. The van der Waals surface area contributed by atoms with Crippen molar-refractivity contribution < 1.29 is 15.0 Å². The number of carbonyl (C=O) groups excluding carboxylic acids is 1. The van der Waals surface area contributed by atoms with Gasteiger partial charge in [0.2, 0.25) is 5.91 Å². The Bertz CT molecular complexity index is 148. The van der Waals surface area contributed by atoms with Gasteiger partial charge in [-0.25, -0.2) is 0 Å². The summed E-state index contributed by atoms with van der Waals surface area (Å²) in [7, 11) is 0. The van der Waals surface area contributed by atoms with Crippen molar-refractivity contribution in [3.8, 4) is 0 Å². The molecule has 4 heteroatoms. The van der Waals surface area contributed by atoms with Crippen LogP contribution in [0, 0.1) is 0 Å². The van der Waals surface area contributed by atoms with Crippen LogP contribution in [0.4, 0.5) is 0 Å². The lowest BCUT2D eigenvalue weighted by molar-refractivity contribution is -0.121. The van der Waals surface area contributed by atoms with Gasteiger partial charge in [0.1, 0.15) is 0 Å². The highest BCUT2D eigenvalue weighted by Crippen LogP contribution is 1.96. The normalized spacial score (nSPS) is 12.5. The standard InChI is InChI=1S/C10H21NO3/c1-9(13)5-4-7-11-10(14)6-2-3-8-12/h9,12-13H,2-8H2,1H3,(H,11,14). The third kappa shape index (κ3) is 9.48. The molecule has 4 nitrogen and oxygen atoms in total. The Morgan fingerprint density at radius 3 is 2.64 bits per heavy atom. The summed E-state index contributed by atoms with van der Waals surface area (Å²) in [6, 6.07) is 0. The highest BCUT2D eigenvalue weighted by molar-refractivity contribution is 5.75. The molecule has 0 radical (unpaired) electrons. The molecule has 14 heavy (non-hydrogen) atoms. The van der Waals surface area contributed by atoms with Crippen LogP contribution in [0.1, 0.15) is 39.0 Å². The molecule has 0 aliphatic carbocycles. The maximum atomic E-state index is 11.1. The van der Waals surface area contributed by atoms with Gasteiger partial charge in [0.25, 0.3) is 0 Å². The van der Waals surface area contributed by atoms with Crippen molar-refractivity contribution in [3.05, 3.63) is 0 Å². The number of nitrogens with one attached hydrogen (secondary N) is 1. The fourth-order valence-corrected chi connectivity index (χ4v) is 1.11. The van der Waals surface area contributed by atoms with E-state index in [1.807, 2.05) is 0 Å². The molecule has 0 spiro atoms. The molecular weight excluding hydrogens is 182 g/mol. The molecule has 84 valence electrons. The maximum Gasteiger partial charge on any atom is 0.219 e. The van der Waals surface area contributed by atoms with E-state index < -0.39 is 0 Å². The zero-order valence-corrected chi connectivity index (χ0v) is 8.83. The zero-order chi connectivity index (χ0) is 10.8. The van der Waals surface area contributed by atoms with Crippen LogP contribution in [0.2, 0.25) is 0 Å². The molecule has 3 N–H and O–H groups in total. The minimum Gasteiger partial charge on any atom is -0.396 e. The van der Waals surface area contributed by atoms with Crippen molar-refractivity contribution in [2.24, 2.45) is 0 Å². The summed E-state index contributed by atoms with van der Waals surface area (Å²) in [5, 5.41) is 20.2. The molecule has 1 amide bonds. The molecule has 0 bridgehead atoms. The van der Waals surface area contributed by atoms with Crippen LogP contribution in [0.25, 0.3) is 0 Å². The van der Waals surface area contributed by atoms with Gasteiger partial charge in [-0.2, -0.15) is 0 Å². The Balaban J connectivity index is 3.18. The van der Waals surface area contributed by atoms with Crippen LogP contribution >= 0.6 is 0 Å². The lowest BCUT2D eigenvalue weighted by atomic mass is 10.2. The first-order valence-corrected chi connectivity index (χ1v) is 5.22. The highest BCUT2D eigenvalue weighted by Gasteiger charge is 2.00. The second-order valence-electron chi connectivity index (χ2n) is 3.52. The molecule has 0 aromatic rings. The van der Waals surface area contributed by atoms with Gasteiger partial charge in [0.05, 0.1) is 6.10 Å². The summed E-state index contributed by atoms with van der Waals surface area (Å²) in [6.45, 7) is 2.52. The third-order valence-electron chi connectivity index (χ3n) is 1.93. The van der Waals surface area contributed by atoms with E-state index in [0.717, 1.165) is 19.3 Å². The van der Waals surface area contributed by atoms with Crippen LogP contribution < -0.4 is 5.32 Å². The molecule has 0 aliphatic rings. The van der Waals surface area contributed by atoms with E-state index in [9.17, 15) is 4.79 Å². The molecule has 0 heterocycles. The SMILES string of the molecule is CC(O)CCCNC(=O)CCCCO. The number of rotatable bonds is 8. The van der Waals surface area contributed by atoms with Gasteiger partial charge in [0.15, 0.2) is 0 Å². The lowest BCUT2D eigenvalue weighted by Gasteiger charge is -2.05. The van der Waals surface area contributed by atoms with Crippen LogP contribution in [0.3, 0.4) is 0 Å². The summed E-state index contributed by atoms with van der Waals surface area (Å²) < 4.78 is 0. The zero-order valence-electron chi connectivity index (χ0n) is 8.83. The predicted octanol–water partition coefficient (Wildman–Crippen LogP) is 0.426. The molecule has 0 aliphatic heterocycles. The first-order chi connectivity index (χ1) is 6.66. The van der Waals surface area contributed by atoms with Crippen molar-refractivity contribution in [2.75, 3.05) is 13.2 Å². The molecule has 0 aromatic carbocycles. The first kappa shape index (κ1) is 13.4. The van der Waals surface area contributed by atoms with E-state index >= 15 is 0 Å². The van der Waals surface area contributed by atoms with Crippen LogP contribution in [-0.2, 0) is 4.79 Å². The molecule has 0 fully saturated rings. The second-order valence-corrected chi connectivity index (χ2v) is 3.52. The number of unbranched alkanes of at least 4 members (excludes halogenated alkanes) is 1. The van der Waals surface area contributed by atoms with Crippen molar-refractivity contribution in [1.82, 2.24) is 5.32 Å². The summed E-state index contributed by atoms with van der Waals surface area (Å²) >= 11 is 0. The summed E-state index contributed by atoms with van der Waals surface area (Å²) in [6.07, 6.45) is 3.14. The highest BCUT2D eigenvalue weighted by atomic mass is 16.3. The fraction of sp³-hybridized carbons (Fsp3) is 0.900. The first-order valence-electron chi connectivity index (χ1n) is 5.22. The Labute approximate surface area is 85.3 Å². The number of hydrogen-bond donors (Lipinski definition) is 3. The van der Waals surface area contributed by atoms with E-state index in [0.29, 0.717) is 19.4 Å². The molecule has 1 unspecified atom stereocenters. The largest absolute Gasteiger partial charge is 0.396 e. The van der Waals surface area contributed by atoms with E-state index in [4.69, 9.17) is 10.2 Å². The van der Waals surface area contributed by atoms with Crippen molar-refractivity contribution in [1.29, 1.82) is 0 Å². The Morgan fingerprint density at radius 1 is 1.36 bits per heavy atom. The molecular formula is C10H21NO3.